The van der Waals surface area contributed by atoms with E-state index >= 15 is 0 Å². The normalized spacial score (nSPS) is 12.3. The number of hydrogen-bond donors (Lipinski definition) is 0. The van der Waals surface area contributed by atoms with Crippen molar-refractivity contribution < 1.29 is 0 Å². The standard InChI is InChI=1S/C57H33N/c1-31-26-38(58-3)27-32(2)49(31)40-24-25-43-54-39(40)18-11-19-42(54)56-51(33-12-6-4-7-13-33)48-30-45-44(29-47(48)52(57(43)56)34-14-8-5-9-15-34)41-23-22-36-21-20-35-16-10-17-37-28-46(45)55(41)53(36)50(35)37/h4-30H,1-2H3. The molecule has 0 saturated heterocycles. The van der Waals surface area contributed by atoms with Gasteiger partial charge in [0, 0.05) is 0 Å². The molecule has 1 nitrogen and oxygen atoms in total. The van der Waals surface area contributed by atoms with Crippen molar-refractivity contribution in [2.45, 2.75) is 13.8 Å². The Morgan fingerprint density at radius 3 is 1.55 bits per heavy atom. The maximum absolute atomic E-state index is 7.71. The van der Waals surface area contributed by atoms with Gasteiger partial charge in [-0.2, -0.15) is 0 Å². The van der Waals surface area contributed by atoms with E-state index in [2.05, 4.69) is 170 Å². The van der Waals surface area contributed by atoms with Crippen molar-refractivity contribution in [1.82, 2.24) is 0 Å². The fourth-order valence-electron chi connectivity index (χ4n) is 11.1. The molecule has 266 valence electrons. The molecule has 0 N–H and O–H groups in total. The van der Waals surface area contributed by atoms with Crippen LogP contribution in [0.15, 0.2) is 164 Å². The van der Waals surface area contributed by atoms with Crippen LogP contribution in [0, 0.1) is 20.4 Å². The summed E-state index contributed by atoms with van der Waals surface area (Å²) in [5.74, 6) is 0. The van der Waals surface area contributed by atoms with Gasteiger partial charge in [0.25, 0.3) is 0 Å². The van der Waals surface area contributed by atoms with Crippen LogP contribution >= 0.6 is 0 Å². The van der Waals surface area contributed by atoms with Crippen molar-refractivity contribution >= 4 is 103 Å². The van der Waals surface area contributed by atoms with Gasteiger partial charge >= 0.3 is 0 Å². The molecule has 0 bridgehead atoms. The quantitative estimate of drug-likeness (QED) is 0.126. The van der Waals surface area contributed by atoms with Crippen LogP contribution < -0.4 is 0 Å². The first kappa shape index (κ1) is 31.7. The van der Waals surface area contributed by atoms with Gasteiger partial charge in [0.2, 0.25) is 0 Å². The van der Waals surface area contributed by atoms with Gasteiger partial charge in [-0.15, -0.1) is 0 Å². The molecule has 13 aromatic carbocycles. The van der Waals surface area contributed by atoms with Gasteiger partial charge in [-0.05, 0) is 162 Å². The van der Waals surface area contributed by atoms with Gasteiger partial charge in [0.1, 0.15) is 0 Å². The number of rotatable bonds is 3. The second kappa shape index (κ2) is 11.3. The molecule has 0 aliphatic rings. The molecule has 0 aliphatic carbocycles. The number of hydrogen-bond acceptors (Lipinski definition) is 0. The Kier molecular flexibility index (Phi) is 6.16. The Hall–Kier alpha value is -7.53. The summed E-state index contributed by atoms with van der Waals surface area (Å²) in [6, 6.07) is 61.3. The summed E-state index contributed by atoms with van der Waals surface area (Å²) >= 11 is 0. The van der Waals surface area contributed by atoms with Crippen LogP contribution in [0.25, 0.3) is 135 Å². The van der Waals surface area contributed by atoms with Gasteiger partial charge < -0.3 is 0 Å². The van der Waals surface area contributed by atoms with E-state index < -0.39 is 0 Å². The highest BCUT2D eigenvalue weighted by molar-refractivity contribution is 6.44. The third-order valence-electron chi connectivity index (χ3n) is 13.3. The lowest BCUT2D eigenvalue weighted by atomic mass is 9.85. The largest absolute Gasteiger partial charge is 0.238 e. The Bertz CT molecular complexity index is 3880. The Labute approximate surface area is 334 Å². The Balaban J connectivity index is 1.27. The third kappa shape index (κ3) is 3.99. The first-order chi connectivity index (χ1) is 28.6. The van der Waals surface area contributed by atoms with Crippen LogP contribution in [-0.2, 0) is 0 Å². The summed E-state index contributed by atoms with van der Waals surface area (Å²) in [6.45, 7) is 12.0. The molecule has 0 amide bonds. The van der Waals surface area contributed by atoms with E-state index in [0.717, 1.165) is 11.1 Å². The molecule has 13 aromatic rings. The third-order valence-corrected chi connectivity index (χ3v) is 13.3. The molecule has 0 saturated carbocycles. The molecule has 0 fully saturated rings. The Morgan fingerprint density at radius 1 is 0.328 bits per heavy atom. The van der Waals surface area contributed by atoms with Crippen molar-refractivity contribution in [3.8, 4) is 33.4 Å². The first-order valence-electron chi connectivity index (χ1n) is 20.1. The van der Waals surface area contributed by atoms with Crippen LogP contribution in [0.4, 0.5) is 5.69 Å². The molecular formula is C57H33N. The predicted molar refractivity (Wildman–Crippen MR) is 250 cm³/mol. The summed E-state index contributed by atoms with van der Waals surface area (Å²) in [5.41, 5.74) is 10.4. The molecule has 0 spiro atoms. The van der Waals surface area contributed by atoms with E-state index in [0.29, 0.717) is 5.69 Å². The second-order valence-electron chi connectivity index (χ2n) is 16.3. The van der Waals surface area contributed by atoms with Crippen LogP contribution in [0.3, 0.4) is 0 Å². The zero-order valence-corrected chi connectivity index (χ0v) is 32.0. The summed E-state index contributed by atoms with van der Waals surface area (Å²) in [5, 5.41) is 23.5. The zero-order valence-electron chi connectivity index (χ0n) is 32.0. The monoisotopic (exact) mass is 731 g/mol. The SMILES string of the molecule is [C-]#[N+]c1cc(C)c(-c2ccc3c4c(-c5ccccc5)c5cc6c(cc5c(-c5ccccc5)c4c4cccc2c34)c2cc3cccc4ccc5ccc6c2c5c43)c(C)c1. The van der Waals surface area contributed by atoms with E-state index in [-0.39, 0.29) is 0 Å². The summed E-state index contributed by atoms with van der Waals surface area (Å²) < 4.78 is 0. The summed E-state index contributed by atoms with van der Waals surface area (Å²) in [7, 11) is 0. The molecule has 0 aromatic heterocycles. The number of aryl methyl sites for hydroxylation is 2. The van der Waals surface area contributed by atoms with Gasteiger partial charge in [-0.25, -0.2) is 4.85 Å². The zero-order chi connectivity index (χ0) is 38.4. The average Bonchev–Trinajstić information content (AvgIpc) is 3.76. The topological polar surface area (TPSA) is 4.36 Å². The maximum Gasteiger partial charge on any atom is 0.187 e. The minimum Gasteiger partial charge on any atom is -0.238 e. The highest BCUT2D eigenvalue weighted by Crippen LogP contribution is 2.55. The van der Waals surface area contributed by atoms with Crippen molar-refractivity contribution in [2.75, 3.05) is 0 Å². The molecule has 58 heavy (non-hydrogen) atoms. The molecule has 0 atom stereocenters. The fraction of sp³-hybridized carbons (Fsp3) is 0.0351. The summed E-state index contributed by atoms with van der Waals surface area (Å²) in [4.78, 5) is 3.77. The average molecular weight is 732 g/mol. The van der Waals surface area contributed by atoms with E-state index in [1.165, 1.54) is 130 Å². The lowest BCUT2D eigenvalue weighted by Crippen LogP contribution is -1.90. The van der Waals surface area contributed by atoms with Gasteiger partial charge in [0.15, 0.2) is 5.69 Å². The highest BCUT2D eigenvalue weighted by atomic mass is 14.6. The lowest BCUT2D eigenvalue weighted by Gasteiger charge is -2.17. The van der Waals surface area contributed by atoms with Crippen molar-refractivity contribution in [1.29, 1.82) is 0 Å². The Morgan fingerprint density at radius 2 is 0.879 bits per heavy atom. The van der Waals surface area contributed by atoms with Gasteiger partial charge in [-0.3, -0.25) is 0 Å². The smallest absolute Gasteiger partial charge is 0.187 e. The van der Waals surface area contributed by atoms with Crippen molar-refractivity contribution in [3.63, 3.8) is 0 Å². The number of benzene rings is 11. The maximum atomic E-state index is 7.71. The molecule has 1 heteroatoms. The number of fused-ring (bicyclic) bond motifs is 7. The van der Waals surface area contributed by atoms with E-state index in [1.54, 1.807) is 0 Å². The van der Waals surface area contributed by atoms with Gasteiger partial charge in [0.05, 0.1) is 6.57 Å². The van der Waals surface area contributed by atoms with E-state index in [9.17, 15) is 0 Å². The van der Waals surface area contributed by atoms with E-state index in [1.807, 2.05) is 12.1 Å². The van der Waals surface area contributed by atoms with Crippen LogP contribution in [0.2, 0.25) is 0 Å². The number of nitrogens with zero attached hydrogens (tertiary/aromatic N) is 1. The van der Waals surface area contributed by atoms with Crippen LogP contribution in [0.5, 0.6) is 0 Å². The molecule has 13 rings (SSSR count). The predicted octanol–water partition coefficient (Wildman–Crippen LogP) is 16.5. The van der Waals surface area contributed by atoms with E-state index in [4.69, 9.17) is 6.57 Å². The van der Waals surface area contributed by atoms with Crippen LogP contribution in [0.1, 0.15) is 11.1 Å². The second-order valence-corrected chi connectivity index (χ2v) is 16.3. The first-order valence-corrected chi connectivity index (χ1v) is 20.1. The molecule has 0 unspecified atom stereocenters. The van der Waals surface area contributed by atoms with Crippen molar-refractivity contribution in [2.24, 2.45) is 0 Å². The molecule has 0 aliphatic heterocycles. The minimum absolute atomic E-state index is 0.688. The molecule has 0 heterocycles. The van der Waals surface area contributed by atoms with Crippen LogP contribution in [-0.4, -0.2) is 0 Å². The summed E-state index contributed by atoms with van der Waals surface area (Å²) in [6.07, 6.45) is 0. The lowest BCUT2D eigenvalue weighted by molar-refractivity contribution is 1.39. The molecule has 0 radical (unpaired) electrons. The van der Waals surface area contributed by atoms with Gasteiger partial charge in [-0.1, -0.05) is 157 Å². The molecular weight excluding hydrogens is 699 g/mol. The van der Waals surface area contributed by atoms with Crippen molar-refractivity contribution in [3.05, 3.63) is 186 Å². The highest BCUT2D eigenvalue weighted by Gasteiger charge is 2.26. The fourth-order valence-corrected chi connectivity index (χ4v) is 11.1. The minimum atomic E-state index is 0.688.